The minimum atomic E-state index is 0.107. The van der Waals surface area contributed by atoms with Gasteiger partial charge in [-0.25, -0.2) is 0 Å². The monoisotopic (exact) mass is 364 g/mol. The normalized spacial score (nSPS) is 10.6. The molecule has 0 aliphatic carbocycles. The lowest BCUT2D eigenvalue weighted by molar-refractivity contribution is -0.117. The van der Waals surface area contributed by atoms with Gasteiger partial charge >= 0.3 is 0 Å². The molecule has 0 aliphatic heterocycles. The van der Waals surface area contributed by atoms with Crippen molar-refractivity contribution in [2.24, 2.45) is 0 Å². The number of rotatable bonds is 6. The van der Waals surface area contributed by atoms with E-state index in [1.165, 1.54) is 0 Å². The molecule has 0 atom stereocenters. The Kier molecular flexibility index (Phi) is 5.34. The maximum Gasteiger partial charge on any atom is 0.144 e. The number of aromatic nitrogens is 2. The first-order chi connectivity index (χ1) is 13.8. The van der Waals surface area contributed by atoms with Crippen LogP contribution in [0, 0.1) is 0 Å². The van der Waals surface area contributed by atoms with Crippen LogP contribution in [0.3, 0.4) is 0 Å². The molecule has 4 aromatic rings. The largest absolute Gasteiger partial charge is 0.299 e. The van der Waals surface area contributed by atoms with Crippen molar-refractivity contribution in [3.8, 4) is 22.3 Å². The maximum atomic E-state index is 12.6. The molecule has 28 heavy (non-hydrogen) atoms. The molecule has 136 valence electrons. The van der Waals surface area contributed by atoms with Crippen molar-refractivity contribution in [2.45, 2.75) is 12.8 Å². The molecule has 3 heteroatoms. The maximum absolute atomic E-state index is 12.6. The van der Waals surface area contributed by atoms with Gasteiger partial charge in [-0.1, -0.05) is 60.7 Å². The summed E-state index contributed by atoms with van der Waals surface area (Å²) in [4.78, 5) is 21.3. The zero-order valence-electron chi connectivity index (χ0n) is 15.5. The molecule has 0 aliphatic rings. The van der Waals surface area contributed by atoms with Crippen molar-refractivity contribution in [1.82, 2.24) is 9.97 Å². The van der Waals surface area contributed by atoms with Crippen molar-refractivity contribution in [3.05, 3.63) is 109 Å². The number of ketones is 1. The van der Waals surface area contributed by atoms with Gasteiger partial charge in [-0.3, -0.25) is 14.8 Å². The van der Waals surface area contributed by atoms with E-state index in [2.05, 4.69) is 34.2 Å². The predicted octanol–water partition coefficient (Wildman–Crippen LogP) is 5.16. The Hall–Kier alpha value is -3.59. The molecule has 0 saturated carbocycles. The number of Topliss-reactive ketones (excluding diaryl/α,β-unsaturated/α-hetero) is 1. The number of benzene rings is 2. The number of nitrogens with zero attached hydrogens (tertiary/aromatic N) is 2. The average molecular weight is 364 g/mol. The smallest absolute Gasteiger partial charge is 0.144 e. The van der Waals surface area contributed by atoms with Crippen molar-refractivity contribution in [3.63, 3.8) is 0 Å². The summed E-state index contributed by atoms with van der Waals surface area (Å²) in [6.45, 7) is 0. The van der Waals surface area contributed by atoms with Crippen molar-refractivity contribution in [2.75, 3.05) is 0 Å². The molecule has 4 rings (SSSR count). The van der Waals surface area contributed by atoms with Crippen molar-refractivity contribution >= 4 is 5.78 Å². The van der Waals surface area contributed by atoms with E-state index < -0.39 is 0 Å². The standard InChI is InChI=1S/C25H20N2O/c28-25(17-23-15-21(11-13-26-23)19-7-3-1-4-8-19)18-24-16-22(12-14-27-24)20-9-5-2-6-10-20/h1-16H,17-18H2. The van der Waals surface area contributed by atoms with Crippen LogP contribution in [0.5, 0.6) is 0 Å². The summed E-state index contributed by atoms with van der Waals surface area (Å²) in [6.07, 6.45) is 4.13. The molecule has 2 heterocycles. The molecule has 0 fully saturated rings. The van der Waals surface area contributed by atoms with Gasteiger partial charge in [0, 0.05) is 36.6 Å². The highest BCUT2D eigenvalue weighted by molar-refractivity contribution is 5.83. The van der Waals surface area contributed by atoms with Crippen LogP contribution >= 0.6 is 0 Å². The second-order valence-electron chi connectivity index (χ2n) is 6.70. The van der Waals surface area contributed by atoms with E-state index >= 15 is 0 Å². The van der Waals surface area contributed by atoms with Gasteiger partial charge in [-0.05, 0) is 46.5 Å². The van der Waals surface area contributed by atoms with E-state index in [4.69, 9.17) is 0 Å². The number of carbonyl (C=O) groups is 1. The quantitative estimate of drug-likeness (QED) is 0.474. The van der Waals surface area contributed by atoms with Gasteiger partial charge in [0.15, 0.2) is 0 Å². The summed E-state index contributed by atoms with van der Waals surface area (Å²) in [5.74, 6) is 0.107. The van der Waals surface area contributed by atoms with Crippen LogP contribution in [0.15, 0.2) is 97.3 Å². The summed E-state index contributed by atoms with van der Waals surface area (Å²) in [5, 5.41) is 0. The Bertz CT molecular complexity index is 989. The molecule has 0 saturated heterocycles. The Morgan fingerprint density at radius 1 is 0.571 bits per heavy atom. The fraction of sp³-hybridized carbons (Fsp3) is 0.0800. The Labute approximate surface area is 164 Å². The molecular formula is C25H20N2O. The Morgan fingerprint density at radius 3 is 1.43 bits per heavy atom. The van der Waals surface area contributed by atoms with Gasteiger partial charge in [0.25, 0.3) is 0 Å². The SMILES string of the molecule is O=C(Cc1cc(-c2ccccc2)ccn1)Cc1cc(-c2ccccc2)ccn1. The van der Waals surface area contributed by atoms with Crippen LogP contribution in [-0.2, 0) is 17.6 Å². The van der Waals surface area contributed by atoms with Crippen LogP contribution in [0.2, 0.25) is 0 Å². The third-order valence-corrected chi connectivity index (χ3v) is 4.60. The Balaban J connectivity index is 1.47. The number of hydrogen-bond acceptors (Lipinski definition) is 3. The fourth-order valence-electron chi connectivity index (χ4n) is 3.24. The molecule has 0 unspecified atom stereocenters. The zero-order chi connectivity index (χ0) is 19.2. The minimum Gasteiger partial charge on any atom is -0.299 e. The van der Waals surface area contributed by atoms with Crippen LogP contribution in [-0.4, -0.2) is 15.8 Å². The van der Waals surface area contributed by atoms with Crippen LogP contribution in [0.25, 0.3) is 22.3 Å². The van der Waals surface area contributed by atoms with E-state index in [-0.39, 0.29) is 5.78 Å². The molecule has 0 N–H and O–H groups in total. The highest BCUT2D eigenvalue weighted by Crippen LogP contribution is 2.21. The lowest BCUT2D eigenvalue weighted by atomic mass is 10.0. The van der Waals surface area contributed by atoms with E-state index in [0.29, 0.717) is 12.8 Å². The van der Waals surface area contributed by atoms with Crippen LogP contribution in [0.4, 0.5) is 0 Å². The number of carbonyl (C=O) groups excluding carboxylic acids is 1. The van der Waals surface area contributed by atoms with Crippen LogP contribution < -0.4 is 0 Å². The summed E-state index contributed by atoms with van der Waals surface area (Å²) in [5.41, 5.74) is 5.95. The second-order valence-corrected chi connectivity index (χ2v) is 6.70. The highest BCUT2D eigenvalue weighted by atomic mass is 16.1. The van der Waals surface area contributed by atoms with E-state index in [0.717, 1.165) is 33.6 Å². The molecule has 0 bridgehead atoms. The molecule has 3 nitrogen and oxygen atoms in total. The van der Waals surface area contributed by atoms with Gasteiger partial charge < -0.3 is 0 Å². The first-order valence-electron chi connectivity index (χ1n) is 9.30. The van der Waals surface area contributed by atoms with Crippen LogP contribution in [0.1, 0.15) is 11.4 Å². The first kappa shape index (κ1) is 17.8. The topological polar surface area (TPSA) is 42.9 Å². The number of pyridine rings is 2. The molecule has 2 aromatic carbocycles. The summed E-state index contributed by atoms with van der Waals surface area (Å²) in [7, 11) is 0. The van der Waals surface area contributed by atoms with E-state index in [9.17, 15) is 4.79 Å². The van der Waals surface area contributed by atoms with Gasteiger partial charge in [0.1, 0.15) is 5.78 Å². The molecule has 0 spiro atoms. The summed E-state index contributed by atoms with van der Waals surface area (Å²) in [6, 6.07) is 28.1. The predicted molar refractivity (Wildman–Crippen MR) is 112 cm³/mol. The fourth-order valence-corrected chi connectivity index (χ4v) is 3.24. The van der Waals surface area contributed by atoms with E-state index in [1.54, 1.807) is 12.4 Å². The van der Waals surface area contributed by atoms with Gasteiger partial charge in [0.05, 0.1) is 0 Å². The minimum absolute atomic E-state index is 0.107. The highest BCUT2D eigenvalue weighted by Gasteiger charge is 2.09. The molecule has 2 aromatic heterocycles. The third-order valence-electron chi connectivity index (χ3n) is 4.60. The average Bonchev–Trinajstić information content (AvgIpc) is 2.75. The molecule has 0 radical (unpaired) electrons. The second kappa shape index (κ2) is 8.40. The van der Waals surface area contributed by atoms with Crippen molar-refractivity contribution in [1.29, 1.82) is 0 Å². The Morgan fingerprint density at radius 2 is 1.00 bits per heavy atom. The molecule has 0 amide bonds. The lowest BCUT2D eigenvalue weighted by Crippen LogP contribution is -2.09. The van der Waals surface area contributed by atoms with Crippen molar-refractivity contribution < 1.29 is 4.79 Å². The first-order valence-corrected chi connectivity index (χ1v) is 9.30. The molecular weight excluding hydrogens is 344 g/mol. The third kappa shape index (κ3) is 4.38. The lowest BCUT2D eigenvalue weighted by Gasteiger charge is -2.06. The summed E-state index contributed by atoms with van der Waals surface area (Å²) >= 11 is 0. The van der Waals surface area contributed by atoms with Gasteiger partial charge in [-0.15, -0.1) is 0 Å². The summed E-state index contributed by atoms with van der Waals surface area (Å²) < 4.78 is 0. The van der Waals surface area contributed by atoms with E-state index in [1.807, 2.05) is 60.7 Å². The van der Waals surface area contributed by atoms with Gasteiger partial charge in [-0.2, -0.15) is 0 Å². The van der Waals surface area contributed by atoms with Gasteiger partial charge in [0.2, 0.25) is 0 Å². The zero-order valence-corrected chi connectivity index (χ0v) is 15.5. The number of hydrogen-bond donors (Lipinski definition) is 0.